The van der Waals surface area contributed by atoms with Crippen molar-refractivity contribution >= 4 is 74.2 Å². The second kappa shape index (κ2) is 10.1. The van der Waals surface area contributed by atoms with E-state index in [2.05, 4.69) is 41.0 Å². The molecule has 39 heavy (non-hydrogen) atoms. The van der Waals surface area contributed by atoms with Gasteiger partial charge < -0.3 is 4.57 Å². The molecule has 0 radical (unpaired) electrons. The number of nitrogens with zero attached hydrogens (tertiary/aromatic N) is 3. The van der Waals surface area contributed by atoms with E-state index in [1.165, 1.54) is 26.1 Å². The van der Waals surface area contributed by atoms with Crippen LogP contribution < -0.4 is 4.90 Å². The molecule has 0 bridgehead atoms. The van der Waals surface area contributed by atoms with Crippen LogP contribution in [-0.4, -0.2) is 32.9 Å². The monoisotopic (exact) mass is 549 g/mol. The maximum absolute atomic E-state index is 13.8. The van der Waals surface area contributed by atoms with Crippen LogP contribution in [0.1, 0.15) is 18.1 Å². The molecule has 4 aromatic carbocycles. The second-order valence-corrected chi connectivity index (χ2v) is 10.2. The van der Waals surface area contributed by atoms with Crippen LogP contribution in [0.2, 0.25) is 5.02 Å². The number of hydrogen-bond donors (Lipinski definition) is 0. The van der Waals surface area contributed by atoms with Gasteiger partial charge in [-0.15, -0.1) is 0 Å². The molecule has 2 amide bonds. The van der Waals surface area contributed by atoms with Gasteiger partial charge in [-0.2, -0.15) is 0 Å². The van der Waals surface area contributed by atoms with Gasteiger partial charge in [-0.05, 0) is 71.9 Å². The number of likely N-dealkylation sites (N-methyl/N-ethyl adjacent to an activating group) is 1. The minimum atomic E-state index is -0.456. The third-order valence-corrected chi connectivity index (χ3v) is 7.73. The summed E-state index contributed by atoms with van der Waals surface area (Å²) in [7, 11) is 0. The predicted octanol–water partition coefficient (Wildman–Crippen LogP) is 7.06. The van der Waals surface area contributed by atoms with E-state index in [0.29, 0.717) is 23.8 Å². The number of aromatic nitrogens is 1. The van der Waals surface area contributed by atoms with Crippen molar-refractivity contribution in [1.82, 2.24) is 9.47 Å². The van der Waals surface area contributed by atoms with Crippen LogP contribution >= 0.6 is 23.8 Å². The van der Waals surface area contributed by atoms with Crippen LogP contribution in [0.4, 0.5) is 5.69 Å². The van der Waals surface area contributed by atoms with E-state index in [-0.39, 0.29) is 10.7 Å². The molecule has 0 unspecified atom stereocenters. The Morgan fingerprint density at radius 2 is 1.51 bits per heavy atom. The number of rotatable bonds is 5. The van der Waals surface area contributed by atoms with Crippen LogP contribution in [0.5, 0.6) is 0 Å². The van der Waals surface area contributed by atoms with Crippen LogP contribution in [-0.2, 0) is 16.1 Å². The molecule has 0 N–H and O–H groups in total. The number of thiocarbonyl (C=S) groups is 1. The smallest absolute Gasteiger partial charge is 0.270 e. The molecular weight excluding hydrogens is 526 g/mol. The lowest BCUT2D eigenvalue weighted by atomic mass is 10.0. The number of amides is 2. The third-order valence-electron chi connectivity index (χ3n) is 7.07. The lowest BCUT2D eigenvalue weighted by Crippen LogP contribution is -2.56. The van der Waals surface area contributed by atoms with Crippen molar-refractivity contribution in [2.45, 2.75) is 13.5 Å². The van der Waals surface area contributed by atoms with Crippen LogP contribution in [0.15, 0.2) is 103 Å². The minimum absolute atomic E-state index is 0.0634. The molecule has 1 fully saturated rings. The highest BCUT2D eigenvalue weighted by atomic mass is 35.5. The Labute approximate surface area is 236 Å². The van der Waals surface area contributed by atoms with Crippen molar-refractivity contribution in [1.29, 1.82) is 0 Å². The molecule has 0 saturated carbocycles. The molecule has 1 aliphatic heterocycles. The van der Waals surface area contributed by atoms with Crippen molar-refractivity contribution in [3.05, 3.63) is 119 Å². The largest absolute Gasteiger partial charge is 0.342 e. The average Bonchev–Trinajstić information content (AvgIpc) is 3.29. The topological polar surface area (TPSA) is 45.6 Å². The van der Waals surface area contributed by atoms with Crippen molar-refractivity contribution in [2.24, 2.45) is 0 Å². The fourth-order valence-electron chi connectivity index (χ4n) is 5.16. The first-order valence-corrected chi connectivity index (χ1v) is 13.5. The first-order chi connectivity index (χ1) is 19.0. The molecule has 5 nitrogen and oxygen atoms in total. The molecule has 192 valence electrons. The standard InChI is InChI=1S/C32H24ClN3O2S/c1-2-35-30(37)28(31(38)36(32(35)39)25-16-14-24(33)15-17-25)18-23-20-34(29-13-6-5-12-27(23)29)19-22-10-7-9-21-8-3-4-11-26(21)22/h3-18,20H,2,19H2,1H3/b28-18+. The van der Waals surface area contributed by atoms with E-state index in [1.807, 2.05) is 43.5 Å². The zero-order chi connectivity index (χ0) is 27.1. The van der Waals surface area contributed by atoms with Crippen molar-refractivity contribution in [3.8, 4) is 0 Å². The van der Waals surface area contributed by atoms with Crippen molar-refractivity contribution in [3.63, 3.8) is 0 Å². The second-order valence-electron chi connectivity index (χ2n) is 9.37. The first-order valence-electron chi connectivity index (χ1n) is 12.7. The normalized spacial score (nSPS) is 15.2. The fraction of sp³-hybridized carbons (Fsp3) is 0.0938. The molecule has 0 spiro atoms. The first kappa shape index (κ1) is 25.0. The van der Waals surface area contributed by atoms with Crippen molar-refractivity contribution in [2.75, 3.05) is 11.4 Å². The highest BCUT2D eigenvalue weighted by molar-refractivity contribution is 7.80. The molecule has 7 heteroatoms. The van der Waals surface area contributed by atoms with Gasteiger partial charge in [0, 0.05) is 40.8 Å². The third kappa shape index (κ3) is 4.42. The summed E-state index contributed by atoms with van der Waals surface area (Å²) in [6.45, 7) is 2.83. The van der Waals surface area contributed by atoms with Crippen LogP contribution in [0, 0.1) is 0 Å². The Kier molecular flexibility index (Phi) is 6.51. The maximum atomic E-state index is 13.8. The Morgan fingerprint density at radius 3 is 2.28 bits per heavy atom. The molecule has 1 saturated heterocycles. The quantitative estimate of drug-likeness (QED) is 0.134. The lowest BCUT2D eigenvalue weighted by molar-refractivity contribution is -0.127. The van der Waals surface area contributed by atoms with Gasteiger partial charge in [0.1, 0.15) is 5.57 Å². The fourth-order valence-corrected chi connectivity index (χ4v) is 5.69. The Morgan fingerprint density at radius 1 is 0.821 bits per heavy atom. The number of anilines is 1. The molecule has 0 aliphatic carbocycles. The SMILES string of the molecule is CCN1C(=O)/C(=C\c2cn(Cc3cccc4ccccc34)c3ccccc23)C(=O)N(c2ccc(Cl)cc2)C1=S. The van der Waals surface area contributed by atoms with Crippen LogP contribution in [0.3, 0.4) is 0 Å². The van der Waals surface area contributed by atoms with E-state index in [1.54, 1.807) is 30.3 Å². The summed E-state index contributed by atoms with van der Waals surface area (Å²) in [5.74, 6) is -0.855. The number of halogens is 1. The molecular formula is C32H24ClN3O2S. The van der Waals surface area contributed by atoms with Gasteiger partial charge in [0.15, 0.2) is 5.11 Å². The minimum Gasteiger partial charge on any atom is -0.342 e. The zero-order valence-corrected chi connectivity index (χ0v) is 22.7. The number of para-hydroxylation sites is 1. The van der Waals surface area contributed by atoms with E-state index < -0.39 is 11.8 Å². The van der Waals surface area contributed by atoms with Crippen molar-refractivity contribution < 1.29 is 9.59 Å². The maximum Gasteiger partial charge on any atom is 0.270 e. The number of carbonyl (C=O) groups excluding carboxylic acids is 2. The summed E-state index contributed by atoms with van der Waals surface area (Å²) < 4.78 is 2.17. The van der Waals surface area contributed by atoms with E-state index in [4.69, 9.17) is 23.8 Å². The zero-order valence-electron chi connectivity index (χ0n) is 21.2. The van der Waals surface area contributed by atoms with Gasteiger partial charge in [-0.25, -0.2) is 0 Å². The van der Waals surface area contributed by atoms with Gasteiger partial charge in [0.25, 0.3) is 11.8 Å². The molecule has 0 atom stereocenters. The molecule has 2 heterocycles. The molecule has 1 aliphatic rings. The van der Waals surface area contributed by atoms with Gasteiger partial charge in [0.05, 0.1) is 5.69 Å². The lowest BCUT2D eigenvalue weighted by Gasteiger charge is -2.36. The Hall–Kier alpha value is -4.26. The molecule has 6 rings (SSSR count). The van der Waals surface area contributed by atoms with Crippen LogP contribution in [0.25, 0.3) is 27.8 Å². The Balaban J connectivity index is 1.46. The summed E-state index contributed by atoms with van der Waals surface area (Å²) in [5, 5.41) is 4.05. The van der Waals surface area contributed by atoms with E-state index in [9.17, 15) is 9.59 Å². The number of carbonyl (C=O) groups is 2. The summed E-state index contributed by atoms with van der Waals surface area (Å²) in [6, 6.07) is 29.5. The highest BCUT2D eigenvalue weighted by Gasteiger charge is 2.39. The Bertz CT molecular complexity index is 1800. The molecule has 5 aromatic rings. The number of benzene rings is 4. The summed E-state index contributed by atoms with van der Waals surface area (Å²) in [5.41, 5.74) is 3.63. The summed E-state index contributed by atoms with van der Waals surface area (Å²) in [4.78, 5) is 30.1. The van der Waals surface area contributed by atoms with E-state index in [0.717, 1.165) is 16.5 Å². The highest BCUT2D eigenvalue weighted by Crippen LogP contribution is 2.30. The molecule has 1 aromatic heterocycles. The summed E-state index contributed by atoms with van der Waals surface area (Å²) in [6.07, 6.45) is 3.70. The number of hydrogen-bond acceptors (Lipinski definition) is 3. The number of fused-ring (bicyclic) bond motifs is 2. The average molecular weight is 550 g/mol. The van der Waals surface area contributed by atoms with Gasteiger partial charge in [0.2, 0.25) is 0 Å². The predicted molar refractivity (Wildman–Crippen MR) is 162 cm³/mol. The van der Waals surface area contributed by atoms with Gasteiger partial charge >= 0.3 is 0 Å². The van der Waals surface area contributed by atoms with Gasteiger partial charge in [-0.3, -0.25) is 19.4 Å². The van der Waals surface area contributed by atoms with E-state index >= 15 is 0 Å². The van der Waals surface area contributed by atoms with Gasteiger partial charge in [-0.1, -0.05) is 72.3 Å². The summed E-state index contributed by atoms with van der Waals surface area (Å²) >= 11 is 11.6.